The van der Waals surface area contributed by atoms with Crippen molar-refractivity contribution in [1.82, 2.24) is 0 Å². The second kappa shape index (κ2) is 5.99. The third kappa shape index (κ3) is 2.70. The number of aryl methyl sites for hydroxylation is 4. The number of benzene rings is 3. The van der Waals surface area contributed by atoms with E-state index in [1.807, 2.05) is 13.0 Å². The zero-order chi connectivity index (χ0) is 17.6. The highest BCUT2D eigenvalue weighted by atomic mass is 19.1. The van der Waals surface area contributed by atoms with E-state index in [0.717, 1.165) is 12.0 Å². The van der Waals surface area contributed by atoms with Gasteiger partial charge in [0.15, 0.2) is 22.8 Å². The van der Waals surface area contributed by atoms with Crippen molar-refractivity contribution < 1.29 is 13.2 Å². The first-order chi connectivity index (χ1) is 12.0. The van der Waals surface area contributed by atoms with Crippen LogP contribution in [0.5, 0.6) is 0 Å². The maximum Gasteiger partial charge on any atom is 0.171 e. The molecule has 0 bridgehead atoms. The van der Waals surface area contributed by atoms with Crippen LogP contribution in [-0.2, 0) is 12.8 Å². The average Bonchev–Trinajstić information content (AvgIpc) is 2.99. The maximum atomic E-state index is 14.9. The molecule has 25 heavy (non-hydrogen) atoms. The van der Waals surface area contributed by atoms with E-state index < -0.39 is 11.6 Å². The van der Waals surface area contributed by atoms with Gasteiger partial charge in [0.1, 0.15) is 0 Å². The summed E-state index contributed by atoms with van der Waals surface area (Å²) in [6.45, 7) is 3.71. The van der Waals surface area contributed by atoms with Crippen molar-refractivity contribution >= 4 is 21.9 Å². The van der Waals surface area contributed by atoms with Crippen LogP contribution < -0.4 is 0 Å². The molecule has 0 aliphatic rings. The lowest BCUT2D eigenvalue weighted by molar-refractivity contribution is 0.549. The highest BCUT2D eigenvalue weighted by molar-refractivity contribution is 6.05. The zero-order valence-corrected chi connectivity index (χ0v) is 14.2. The minimum atomic E-state index is -0.422. The van der Waals surface area contributed by atoms with Gasteiger partial charge in [-0.05, 0) is 49.4 Å². The predicted octanol–water partition coefficient (Wildman–Crippen LogP) is 6.27. The molecular formula is C22H18F2O. The second-order valence-corrected chi connectivity index (χ2v) is 6.58. The van der Waals surface area contributed by atoms with Crippen molar-refractivity contribution in [2.75, 3.05) is 0 Å². The molecule has 3 heteroatoms. The number of rotatable bonds is 3. The Labute approximate surface area is 144 Å². The number of furan rings is 1. The molecule has 0 unspecified atom stereocenters. The Morgan fingerprint density at radius 3 is 2.08 bits per heavy atom. The molecule has 1 nitrogen and oxygen atoms in total. The molecule has 4 aromatic rings. The zero-order valence-electron chi connectivity index (χ0n) is 14.2. The fourth-order valence-electron chi connectivity index (χ4n) is 3.20. The van der Waals surface area contributed by atoms with Crippen LogP contribution in [0, 0.1) is 25.5 Å². The monoisotopic (exact) mass is 336 g/mol. The van der Waals surface area contributed by atoms with E-state index in [-0.39, 0.29) is 11.2 Å². The normalized spacial score (nSPS) is 11.5. The first-order valence-electron chi connectivity index (χ1n) is 8.39. The molecule has 0 fully saturated rings. The number of halogens is 2. The highest BCUT2D eigenvalue weighted by Crippen LogP contribution is 2.34. The third-order valence-corrected chi connectivity index (χ3v) is 4.77. The Hall–Kier alpha value is -2.68. The van der Waals surface area contributed by atoms with E-state index >= 15 is 0 Å². The van der Waals surface area contributed by atoms with Gasteiger partial charge in [0, 0.05) is 10.8 Å². The quantitative estimate of drug-likeness (QED) is 0.430. The van der Waals surface area contributed by atoms with Crippen molar-refractivity contribution in [3.05, 3.63) is 82.4 Å². The molecule has 0 saturated carbocycles. The summed E-state index contributed by atoms with van der Waals surface area (Å²) in [7, 11) is 0. The summed E-state index contributed by atoms with van der Waals surface area (Å²) >= 11 is 0. The van der Waals surface area contributed by atoms with Crippen LogP contribution in [0.25, 0.3) is 21.9 Å². The van der Waals surface area contributed by atoms with Gasteiger partial charge in [-0.25, -0.2) is 8.78 Å². The smallest absolute Gasteiger partial charge is 0.171 e. The third-order valence-electron chi connectivity index (χ3n) is 4.77. The first-order valence-corrected chi connectivity index (χ1v) is 8.39. The van der Waals surface area contributed by atoms with Gasteiger partial charge in [0.05, 0.1) is 0 Å². The molecule has 0 amide bonds. The SMILES string of the molecule is Cc1ccc(CCc2ccc3c(oc4c(F)c(C)ccc43)c2F)cc1. The summed E-state index contributed by atoms with van der Waals surface area (Å²) < 4.78 is 34.7. The minimum Gasteiger partial charge on any atom is -0.450 e. The van der Waals surface area contributed by atoms with Crippen molar-refractivity contribution in [3.8, 4) is 0 Å². The van der Waals surface area contributed by atoms with Crippen LogP contribution in [0.1, 0.15) is 22.3 Å². The van der Waals surface area contributed by atoms with Crippen LogP contribution >= 0.6 is 0 Å². The van der Waals surface area contributed by atoms with Gasteiger partial charge in [-0.1, -0.05) is 48.0 Å². The van der Waals surface area contributed by atoms with Crippen LogP contribution in [0.3, 0.4) is 0 Å². The Kier molecular flexibility index (Phi) is 3.79. The summed E-state index contributed by atoms with van der Waals surface area (Å²) in [5.41, 5.74) is 3.72. The Bertz CT molecular complexity index is 1080. The van der Waals surface area contributed by atoms with Crippen molar-refractivity contribution in [3.63, 3.8) is 0 Å². The van der Waals surface area contributed by atoms with E-state index in [4.69, 9.17) is 4.42 Å². The van der Waals surface area contributed by atoms with E-state index in [9.17, 15) is 8.78 Å². The van der Waals surface area contributed by atoms with Gasteiger partial charge in [0.25, 0.3) is 0 Å². The molecule has 0 N–H and O–H groups in total. The lowest BCUT2D eigenvalue weighted by Crippen LogP contribution is -1.95. The van der Waals surface area contributed by atoms with E-state index in [2.05, 4.69) is 24.3 Å². The fraction of sp³-hybridized carbons (Fsp3) is 0.182. The summed E-state index contributed by atoms with van der Waals surface area (Å²) in [6, 6.07) is 15.3. The summed E-state index contributed by atoms with van der Waals surface area (Å²) in [6.07, 6.45) is 1.32. The standard InChI is InChI=1S/C22H18F2O/c1-13-3-6-15(7-4-13)8-9-16-10-12-18-17-11-5-14(2)19(23)21(17)25-22(18)20(16)24/h3-7,10-12H,8-9H2,1-2H3. The van der Waals surface area contributed by atoms with Crippen molar-refractivity contribution in [2.24, 2.45) is 0 Å². The fourth-order valence-corrected chi connectivity index (χ4v) is 3.20. The van der Waals surface area contributed by atoms with E-state index in [1.165, 1.54) is 5.56 Å². The largest absolute Gasteiger partial charge is 0.450 e. The Morgan fingerprint density at radius 1 is 0.720 bits per heavy atom. The molecule has 126 valence electrons. The van der Waals surface area contributed by atoms with E-state index in [0.29, 0.717) is 28.3 Å². The molecule has 0 atom stereocenters. The molecule has 0 aliphatic heterocycles. The topological polar surface area (TPSA) is 13.1 Å². The van der Waals surface area contributed by atoms with Crippen molar-refractivity contribution in [1.29, 1.82) is 0 Å². The summed E-state index contributed by atoms with van der Waals surface area (Å²) in [4.78, 5) is 0. The second-order valence-electron chi connectivity index (χ2n) is 6.58. The lowest BCUT2D eigenvalue weighted by atomic mass is 10.0. The van der Waals surface area contributed by atoms with Crippen LogP contribution in [0.4, 0.5) is 8.78 Å². The van der Waals surface area contributed by atoms with Crippen LogP contribution in [0.2, 0.25) is 0 Å². The molecule has 1 heterocycles. The van der Waals surface area contributed by atoms with Gasteiger partial charge < -0.3 is 4.42 Å². The van der Waals surface area contributed by atoms with Crippen LogP contribution in [-0.4, -0.2) is 0 Å². The molecule has 0 aliphatic carbocycles. The predicted molar refractivity (Wildman–Crippen MR) is 97.0 cm³/mol. The average molecular weight is 336 g/mol. The van der Waals surface area contributed by atoms with Gasteiger partial charge in [-0.3, -0.25) is 0 Å². The number of fused-ring (bicyclic) bond motifs is 3. The van der Waals surface area contributed by atoms with Crippen molar-refractivity contribution in [2.45, 2.75) is 26.7 Å². The van der Waals surface area contributed by atoms with E-state index in [1.54, 1.807) is 25.1 Å². The van der Waals surface area contributed by atoms with Gasteiger partial charge in [-0.2, -0.15) is 0 Å². The molecule has 0 spiro atoms. The molecule has 1 aromatic heterocycles. The minimum absolute atomic E-state index is 0.129. The highest BCUT2D eigenvalue weighted by Gasteiger charge is 2.17. The molecular weight excluding hydrogens is 318 g/mol. The number of hydrogen-bond acceptors (Lipinski definition) is 1. The van der Waals surface area contributed by atoms with Crippen LogP contribution in [0.15, 0.2) is 52.9 Å². The molecule has 4 rings (SSSR count). The van der Waals surface area contributed by atoms with Gasteiger partial charge in [-0.15, -0.1) is 0 Å². The summed E-state index contributed by atoms with van der Waals surface area (Å²) in [5, 5.41) is 1.23. The molecule has 0 saturated heterocycles. The molecule has 3 aromatic carbocycles. The Balaban J connectivity index is 1.73. The maximum absolute atomic E-state index is 14.9. The molecule has 0 radical (unpaired) electrons. The first kappa shape index (κ1) is 15.8. The Morgan fingerprint density at radius 2 is 1.36 bits per heavy atom. The number of hydrogen-bond donors (Lipinski definition) is 0. The lowest BCUT2D eigenvalue weighted by Gasteiger charge is -2.05. The van der Waals surface area contributed by atoms with Gasteiger partial charge >= 0.3 is 0 Å². The van der Waals surface area contributed by atoms with Gasteiger partial charge in [0.2, 0.25) is 0 Å². The summed E-state index contributed by atoms with van der Waals surface area (Å²) in [5.74, 6) is -0.813.